The zero-order chi connectivity index (χ0) is 18.1. The molecule has 0 radical (unpaired) electrons. The fourth-order valence-corrected chi connectivity index (χ4v) is 3.26. The summed E-state index contributed by atoms with van der Waals surface area (Å²) in [5.41, 5.74) is 8.67. The van der Waals surface area contributed by atoms with E-state index < -0.39 is 0 Å². The van der Waals surface area contributed by atoms with Crippen LogP contribution >= 0.6 is 0 Å². The first kappa shape index (κ1) is 16.7. The van der Waals surface area contributed by atoms with Crippen molar-refractivity contribution in [2.75, 3.05) is 6.54 Å². The SMILES string of the molecule is Cc1[nH]c(C=C2C(=O)NN=C2c2cccnn2)c(C)c1CCNC1CC1. The summed E-state index contributed by atoms with van der Waals surface area (Å²) in [6, 6.07) is 4.28. The summed E-state index contributed by atoms with van der Waals surface area (Å²) in [7, 11) is 0. The third kappa shape index (κ3) is 3.30. The fraction of sp³-hybridized carbons (Fsp3) is 0.368. The third-order valence-corrected chi connectivity index (χ3v) is 4.89. The van der Waals surface area contributed by atoms with Gasteiger partial charge >= 0.3 is 0 Å². The predicted octanol–water partition coefficient (Wildman–Crippen LogP) is 1.63. The lowest BCUT2D eigenvalue weighted by molar-refractivity contribution is -0.116. The number of aromatic nitrogens is 3. The molecule has 0 bridgehead atoms. The van der Waals surface area contributed by atoms with E-state index in [0.29, 0.717) is 23.0 Å². The van der Waals surface area contributed by atoms with Crippen LogP contribution in [0.1, 0.15) is 41.1 Å². The van der Waals surface area contributed by atoms with Crippen LogP contribution in [0.25, 0.3) is 6.08 Å². The molecule has 7 nitrogen and oxygen atoms in total. The lowest BCUT2D eigenvalue weighted by Crippen LogP contribution is -2.19. The van der Waals surface area contributed by atoms with Crippen molar-refractivity contribution in [1.29, 1.82) is 0 Å². The van der Waals surface area contributed by atoms with Gasteiger partial charge in [0.2, 0.25) is 0 Å². The summed E-state index contributed by atoms with van der Waals surface area (Å²) >= 11 is 0. The van der Waals surface area contributed by atoms with E-state index in [1.807, 2.05) is 6.08 Å². The van der Waals surface area contributed by atoms with Crippen LogP contribution in [0.3, 0.4) is 0 Å². The number of nitrogens with one attached hydrogen (secondary N) is 3. The molecule has 134 valence electrons. The van der Waals surface area contributed by atoms with Gasteiger partial charge in [-0.1, -0.05) is 0 Å². The highest BCUT2D eigenvalue weighted by Crippen LogP contribution is 2.24. The number of amides is 1. The van der Waals surface area contributed by atoms with Gasteiger partial charge in [-0.05, 0) is 69.0 Å². The Labute approximate surface area is 152 Å². The number of H-pyrrole nitrogens is 1. The van der Waals surface area contributed by atoms with Gasteiger partial charge in [0.15, 0.2) is 0 Å². The molecule has 3 heterocycles. The Morgan fingerprint density at radius 2 is 2.19 bits per heavy atom. The van der Waals surface area contributed by atoms with Gasteiger partial charge in [0, 0.05) is 23.6 Å². The van der Waals surface area contributed by atoms with E-state index in [9.17, 15) is 4.79 Å². The Bertz CT molecular complexity index is 892. The molecule has 4 rings (SSSR count). The molecule has 0 spiro atoms. The van der Waals surface area contributed by atoms with Crippen LogP contribution in [-0.4, -0.2) is 39.4 Å². The van der Waals surface area contributed by atoms with Gasteiger partial charge in [-0.15, -0.1) is 5.10 Å². The minimum Gasteiger partial charge on any atom is -0.359 e. The van der Waals surface area contributed by atoms with E-state index >= 15 is 0 Å². The number of aromatic amines is 1. The van der Waals surface area contributed by atoms with E-state index in [4.69, 9.17) is 0 Å². The average molecular weight is 350 g/mol. The van der Waals surface area contributed by atoms with Crippen LogP contribution in [0.5, 0.6) is 0 Å². The van der Waals surface area contributed by atoms with Crippen molar-refractivity contribution >= 4 is 17.7 Å². The number of hydrogen-bond donors (Lipinski definition) is 3. The molecule has 1 aliphatic carbocycles. The van der Waals surface area contributed by atoms with Gasteiger partial charge < -0.3 is 10.3 Å². The quantitative estimate of drug-likeness (QED) is 0.690. The monoisotopic (exact) mass is 350 g/mol. The predicted molar refractivity (Wildman–Crippen MR) is 99.7 cm³/mol. The van der Waals surface area contributed by atoms with Crippen molar-refractivity contribution in [3.8, 4) is 0 Å². The van der Waals surface area contributed by atoms with Crippen molar-refractivity contribution in [2.24, 2.45) is 5.10 Å². The normalized spacial score (nSPS) is 18.3. The molecule has 1 aliphatic heterocycles. The maximum absolute atomic E-state index is 12.3. The third-order valence-electron chi connectivity index (χ3n) is 4.89. The van der Waals surface area contributed by atoms with Crippen molar-refractivity contribution < 1.29 is 4.79 Å². The second kappa shape index (κ2) is 6.84. The summed E-state index contributed by atoms with van der Waals surface area (Å²) in [6.07, 6.45) is 7.02. The lowest BCUT2D eigenvalue weighted by Gasteiger charge is -2.04. The van der Waals surface area contributed by atoms with Crippen LogP contribution in [0.2, 0.25) is 0 Å². The topological polar surface area (TPSA) is 95.1 Å². The van der Waals surface area contributed by atoms with Crippen LogP contribution in [-0.2, 0) is 11.2 Å². The molecule has 0 atom stereocenters. The Hall–Kier alpha value is -2.80. The van der Waals surface area contributed by atoms with E-state index in [2.05, 4.69) is 44.9 Å². The van der Waals surface area contributed by atoms with Crippen molar-refractivity contribution in [1.82, 2.24) is 25.9 Å². The first-order valence-electron chi connectivity index (χ1n) is 8.93. The zero-order valence-electron chi connectivity index (χ0n) is 15.0. The van der Waals surface area contributed by atoms with Gasteiger partial charge in [0.1, 0.15) is 11.4 Å². The fourth-order valence-electron chi connectivity index (χ4n) is 3.26. The second-order valence-corrected chi connectivity index (χ2v) is 6.81. The molecule has 7 heteroatoms. The van der Waals surface area contributed by atoms with Crippen molar-refractivity contribution in [2.45, 2.75) is 39.2 Å². The molecule has 1 saturated carbocycles. The average Bonchev–Trinajstić information content (AvgIpc) is 3.35. The Morgan fingerprint density at radius 1 is 1.35 bits per heavy atom. The summed E-state index contributed by atoms with van der Waals surface area (Å²) < 4.78 is 0. The molecular formula is C19H22N6O. The number of hydrogen-bond acceptors (Lipinski definition) is 5. The summed E-state index contributed by atoms with van der Waals surface area (Å²) in [5.74, 6) is -0.228. The maximum atomic E-state index is 12.3. The number of nitrogens with zero attached hydrogens (tertiary/aromatic N) is 3. The van der Waals surface area contributed by atoms with Gasteiger partial charge in [-0.2, -0.15) is 10.2 Å². The molecule has 2 aromatic heterocycles. The molecule has 0 saturated heterocycles. The van der Waals surface area contributed by atoms with Crippen LogP contribution in [0.4, 0.5) is 0 Å². The van der Waals surface area contributed by atoms with Crippen LogP contribution in [0, 0.1) is 13.8 Å². The number of aryl methyl sites for hydroxylation is 1. The minimum absolute atomic E-state index is 0.228. The summed E-state index contributed by atoms with van der Waals surface area (Å²) in [6.45, 7) is 5.15. The van der Waals surface area contributed by atoms with E-state index in [1.165, 1.54) is 24.0 Å². The molecule has 1 fully saturated rings. The first-order chi connectivity index (χ1) is 12.6. The molecule has 0 unspecified atom stereocenters. The molecule has 1 amide bonds. The molecule has 3 N–H and O–H groups in total. The van der Waals surface area contributed by atoms with E-state index in [1.54, 1.807) is 18.3 Å². The smallest absolute Gasteiger partial charge is 0.273 e. The number of hydrazone groups is 1. The largest absolute Gasteiger partial charge is 0.359 e. The molecule has 2 aromatic rings. The molecule has 2 aliphatic rings. The van der Waals surface area contributed by atoms with Crippen LogP contribution < -0.4 is 10.7 Å². The highest BCUT2D eigenvalue weighted by Gasteiger charge is 2.26. The summed E-state index contributed by atoms with van der Waals surface area (Å²) in [5, 5.41) is 15.6. The molecular weight excluding hydrogens is 328 g/mol. The van der Waals surface area contributed by atoms with E-state index in [0.717, 1.165) is 24.4 Å². The molecule has 26 heavy (non-hydrogen) atoms. The van der Waals surface area contributed by atoms with Crippen LogP contribution in [0.15, 0.2) is 29.0 Å². The van der Waals surface area contributed by atoms with E-state index in [-0.39, 0.29) is 5.91 Å². The Kier molecular flexibility index (Phi) is 4.38. The highest BCUT2D eigenvalue weighted by atomic mass is 16.2. The van der Waals surface area contributed by atoms with Gasteiger partial charge in [-0.25, -0.2) is 5.43 Å². The first-order valence-corrected chi connectivity index (χ1v) is 8.93. The molecule has 0 aromatic carbocycles. The minimum atomic E-state index is -0.228. The van der Waals surface area contributed by atoms with Gasteiger partial charge in [0.25, 0.3) is 5.91 Å². The maximum Gasteiger partial charge on any atom is 0.273 e. The summed E-state index contributed by atoms with van der Waals surface area (Å²) in [4.78, 5) is 15.7. The van der Waals surface area contributed by atoms with Crippen molar-refractivity contribution in [3.05, 3.63) is 52.1 Å². The lowest BCUT2D eigenvalue weighted by atomic mass is 10.0. The Balaban J connectivity index is 1.60. The number of carbonyl (C=O) groups is 1. The number of rotatable bonds is 6. The van der Waals surface area contributed by atoms with Gasteiger partial charge in [-0.3, -0.25) is 4.79 Å². The highest BCUT2D eigenvalue weighted by molar-refractivity contribution is 6.32. The van der Waals surface area contributed by atoms with Gasteiger partial charge in [0.05, 0.1) is 5.57 Å². The zero-order valence-corrected chi connectivity index (χ0v) is 15.0. The Morgan fingerprint density at radius 3 is 2.92 bits per heavy atom. The number of carbonyl (C=O) groups excluding carboxylic acids is 1. The second-order valence-electron chi connectivity index (χ2n) is 6.81. The standard InChI is InChI=1S/C19H22N6O/c1-11-14(7-9-20-13-5-6-13)12(2)22-17(11)10-15-18(24-25-19(15)26)16-4-3-8-21-23-16/h3-4,8,10,13,20,22H,5-7,9H2,1-2H3,(H,25,26). The van der Waals surface area contributed by atoms with Crippen molar-refractivity contribution in [3.63, 3.8) is 0 Å².